The van der Waals surface area contributed by atoms with E-state index in [9.17, 15) is 10.1 Å². The van der Waals surface area contributed by atoms with E-state index in [1.807, 2.05) is 73.7 Å². The van der Waals surface area contributed by atoms with Crippen LogP contribution in [0.25, 0.3) is 10.8 Å². The summed E-state index contributed by atoms with van der Waals surface area (Å²) >= 11 is 0. The van der Waals surface area contributed by atoms with E-state index in [2.05, 4.69) is 10.6 Å². The van der Waals surface area contributed by atoms with Gasteiger partial charge in [0.15, 0.2) is 0 Å². The molecular weight excluding hydrogens is 310 g/mol. The van der Waals surface area contributed by atoms with Gasteiger partial charge in [0, 0.05) is 17.6 Å². The van der Waals surface area contributed by atoms with Crippen molar-refractivity contribution in [2.75, 3.05) is 10.6 Å². The molecule has 0 heterocycles. The number of nitrogens with zero attached hydrogens (tertiary/aromatic N) is 1. The first-order valence-corrected chi connectivity index (χ1v) is 7.89. The molecule has 0 unspecified atom stereocenters. The van der Waals surface area contributed by atoms with Crippen LogP contribution in [0.15, 0.2) is 78.5 Å². The highest BCUT2D eigenvalue weighted by atomic mass is 16.1. The molecule has 0 radical (unpaired) electrons. The average molecular weight is 327 g/mol. The van der Waals surface area contributed by atoms with Crippen molar-refractivity contribution in [2.45, 2.75) is 6.92 Å². The summed E-state index contributed by atoms with van der Waals surface area (Å²) < 4.78 is 0. The van der Waals surface area contributed by atoms with Crippen LogP contribution in [0.4, 0.5) is 11.4 Å². The second-order valence-corrected chi connectivity index (χ2v) is 5.70. The molecule has 0 saturated heterocycles. The van der Waals surface area contributed by atoms with Gasteiger partial charge in [0.05, 0.1) is 0 Å². The monoisotopic (exact) mass is 327 g/mol. The minimum Gasteiger partial charge on any atom is -0.360 e. The fourth-order valence-corrected chi connectivity index (χ4v) is 2.50. The summed E-state index contributed by atoms with van der Waals surface area (Å²) in [7, 11) is 0. The molecule has 4 nitrogen and oxygen atoms in total. The first kappa shape index (κ1) is 16.3. The summed E-state index contributed by atoms with van der Waals surface area (Å²) in [5, 5.41) is 17.2. The molecule has 0 aliphatic rings. The van der Waals surface area contributed by atoms with Gasteiger partial charge < -0.3 is 10.6 Å². The minimum atomic E-state index is -0.443. The van der Waals surface area contributed by atoms with Crippen LogP contribution in [-0.4, -0.2) is 5.91 Å². The van der Waals surface area contributed by atoms with E-state index in [4.69, 9.17) is 0 Å². The molecule has 0 aromatic heterocycles. The highest BCUT2D eigenvalue weighted by Gasteiger charge is 2.09. The molecular formula is C21H17N3O. The Morgan fingerprint density at radius 2 is 1.76 bits per heavy atom. The zero-order valence-electron chi connectivity index (χ0n) is 13.8. The number of nitriles is 1. The van der Waals surface area contributed by atoms with E-state index >= 15 is 0 Å². The number of hydrogen-bond donors (Lipinski definition) is 2. The van der Waals surface area contributed by atoms with E-state index < -0.39 is 5.91 Å². The normalized spacial score (nSPS) is 11.0. The smallest absolute Gasteiger partial charge is 0.267 e. The zero-order chi connectivity index (χ0) is 17.6. The summed E-state index contributed by atoms with van der Waals surface area (Å²) in [6.07, 6.45) is 1.43. The fourth-order valence-electron chi connectivity index (χ4n) is 2.50. The lowest BCUT2D eigenvalue weighted by Gasteiger charge is -2.06. The summed E-state index contributed by atoms with van der Waals surface area (Å²) in [5.41, 5.74) is 2.52. The molecule has 3 rings (SSSR count). The van der Waals surface area contributed by atoms with E-state index in [0.29, 0.717) is 5.69 Å². The van der Waals surface area contributed by atoms with Crippen LogP contribution in [0.2, 0.25) is 0 Å². The lowest BCUT2D eigenvalue weighted by molar-refractivity contribution is -0.112. The van der Waals surface area contributed by atoms with Gasteiger partial charge in [-0.1, -0.05) is 42.5 Å². The van der Waals surface area contributed by atoms with Crippen molar-refractivity contribution in [3.63, 3.8) is 0 Å². The predicted octanol–water partition coefficient (Wildman–Crippen LogP) is 4.61. The average Bonchev–Trinajstić information content (AvgIpc) is 2.62. The molecule has 0 aliphatic carbocycles. The van der Waals surface area contributed by atoms with Gasteiger partial charge in [-0.3, -0.25) is 4.79 Å². The molecule has 0 aliphatic heterocycles. The standard InChI is InChI=1S/C21H17N3O/c1-15-5-4-8-20(11-15)24-21(25)18(13-22)14-23-19-10-9-16-6-2-3-7-17(16)12-19/h2-12,14,23H,1H3,(H,24,25)/b18-14-. The first-order chi connectivity index (χ1) is 12.2. The second kappa shape index (κ2) is 7.33. The Hall–Kier alpha value is -3.58. The van der Waals surface area contributed by atoms with Crippen molar-refractivity contribution in [3.05, 3.63) is 84.1 Å². The van der Waals surface area contributed by atoms with E-state index in [1.165, 1.54) is 6.20 Å². The highest BCUT2D eigenvalue weighted by Crippen LogP contribution is 2.19. The third kappa shape index (κ3) is 4.04. The molecule has 0 fully saturated rings. The van der Waals surface area contributed by atoms with Gasteiger partial charge in [-0.25, -0.2) is 0 Å². The van der Waals surface area contributed by atoms with Crippen molar-refractivity contribution in [3.8, 4) is 6.07 Å². The maximum Gasteiger partial charge on any atom is 0.267 e. The van der Waals surface area contributed by atoms with Crippen molar-refractivity contribution in [1.82, 2.24) is 0 Å². The predicted molar refractivity (Wildman–Crippen MR) is 101 cm³/mol. The molecule has 0 saturated carbocycles. The van der Waals surface area contributed by atoms with Crippen LogP contribution < -0.4 is 10.6 Å². The third-order valence-electron chi connectivity index (χ3n) is 3.77. The number of fused-ring (bicyclic) bond motifs is 1. The summed E-state index contributed by atoms with van der Waals surface area (Å²) in [5.74, 6) is -0.443. The maximum absolute atomic E-state index is 12.2. The van der Waals surface area contributed by atoms with Crippen LogP contribution in [0, 0.1) is 18.3 Å². The molecule has 25 heavy (non-hydrogen) atoms. The highest BCUT2D eigenvalue weighted by molar-refractivity contribution is 6.06. The largest absolute Gasteiger partial charge is 0.360 e. The number of carbonyl (C=O) groups is 1. The molecule has 1 amide bonds. The van der Waals surface area contributed by atoms with Crippen LogP contribution >= 0.6 is 0 Å². The topological polar surface area (TPSA) is 64.9 Å². The molecule has 0 bridgehead atoms. The summed E-state index contributed by atoms with van der Waals surface area (Å²) in [4.78, 5) is 12.2. The number of aryl methyl sites for hydroxylation is 1. The van der Waals surface area contributed by atoms with Crippen LogP contribution in [-0.2, 0) is 4.79 Å². The molecule has 3 aromatic rings. The Bertz CT molecular complexity index is 999. The quantitative estimate of drug-likeness (QED) is 0.543. The van der Waals surface area contributed by atoms with Gasteiger partial charge in [0.25, 0.3) is 5.91 Å². The molecule has 0 spiro atoms. The Balaban J connectivity index is 1.75. The zero-order valence-corrected chi connectivity index (χ0v) is 13.8. The Kier molecular flexibility index (Phi) is 4.77. The number of nitrogens with one attached hydrogen (secondary N) is 2. The van der Waals surface area contributed by atoms with Gasteiger partial charge >= 0.3 is 0 Å². The van der Waals surface area contributed by atoms with Crippen molar-refractivity contribution < 1.29 is 4.79 Å². The van der Waals surface area contributed by atoms with Crippen molar-refractivity contribution in [1.29, 1.82) is 5.26 Å². The van der Waals surface area contributed by atoms with Gasteiger partial charge in [-0.05, 0) is 47.5 Å². The van der Waals surface area contributed by atoms with Crippen molar-refractivity contribution in [2.24, 2.45) is 0 Å². The van der Waals surface area contributed by atoms with Crippen LogP contribution in [0.1, 0.15) is 5.56 Å². The fraction of sp³-hybridized carbons (Fsp3) is 0.0476. The number of carbonyl (C=O) groups excluding carboxylic acids is 1. The van der Waals surface area contributed by atoms with E-state index in [0.717, 1.165) is 22.0 Å². The maximum atomic E-state index is 12.2. The lowest BCUT2D eigenvalue weighted by Crippen LogP contribution is -2.14. The van der Waals surface area contributed by atoms with Gasteiger partial charge in [0.2, 0.25) is 0 Å². The molecule has 4 heteroatoms. The number of rotatable bonds is 4. The number of anilines is 2. The summed E-state index contributed by atoms with van der Waals surface area (Å²) in [6.45, 7) is 1.94. The molecule has 122 valence electrons. The van der Waals surface area contributed by atoms with Crippen LogP contribution in [0.5, 0.6) is 0 Å². The second-order valence-electron chi connectivity index (χ2n) is 5.70. The lowest BCUT2D eigenvalue weighted by atomic mass is 10.1. The van der Waals surface area contributed by atoms with Gasteiger partial charge in [-0.15, -0.1) is 0 Å². The molecule has 3 aromatic carbocycles. The van der Waals surface area contributed by atoms with E-state index in [1.54, 1.807) is 6.07 Å². The third-order valence-corrected chi connectivity index (χ3v) is 3.77. The van der Waals surface area contributed by atoms with Gasteiger partial charge in [0.1, 0.15) is 11.6 Å². The van der Waals surface area contributed by atoms with E-state index in [-0.39, 0.29) is 5.57 Å². The van der Waals surface area contributed by atoms with Crippen LogP contribution in [0.3, 0.4) is 0 Å². The Labute approximate surface area is 146 Å². The number of benzene rings is 3. The number of hydrogen-bond acceptors (Lipinski definition) is 3. The SMILES string of the molecule is Cc1cccc(NC(=O)/C(C#N)=C\Nc2ccc3ccccc3c2)c1. The first-order valence-electron chi connectivity index (χ1n) is 7.89. The summed E-state index contributed by atoms with van der Waals surface area (Å²) in [6, 6.07) is 23.2. The minimum absolute atomic E-state index is 0.00895. The Morgan fingerprint density at radius 1 is 0.960 bits per heavy atom. The Morgan fingerprint density at radius 3 is 2.52 bits per heavy atom. The van der Waals surface area contributed by atoms with Gasteiger partial charge in [-0.2, -0.15) is 5.26 Å². The molecule has 0 atom stereocenters. The number of amides is 1. The molecule has 2 N–H and O–H groups in total. The van der Waals surface area contributed by atoms with Crippen molar-refractivity contribution >= 4 is 28.1 Å².